The van der Waals surface area contributed by atoms with Gasteiger partial charge >= 0.3 is 0 Å². The molecular weight excluding hydrogens is 391 g/mol. The van der Waals surface area contributed by atoms with E-state index in [-0.39, 0.29) is 23.1 Å². The van der Waals surface area contributed by atoms with Gasteiger partial charge in [-0.1, -0.05) is 0 Å². The summed E-state index contributed by atoms with van der Waals surface area (Å²) in [4.78, 5) is 32.8. The summed E-state index contributed by atoms with van der Waals surface area (Å²) >= 11 is 1.32. The van der Waals surface area contributed by atoms with Gasteiger partial charge in [0.25, 0.3) is 5.56 Å². The van der Waals surface area contributed by atoms with Crippen LogP contribution < -0.4 is 5.56 Å². The monoisotopic (exact) mass is 406 g/mol. The fourth-order valence-corrected chi connectivity index (χ4v) is 4.51. The Kier molecular flexibility index (Phi) is 4.24. The molecule has 0 saturated carbocycles. The lowest BCUT2D eigenvalue weighted by atomic mass is 9.84. The molecule has 0 saturated heterocycles. The first kappa shape index (κ1) is 17.8. The number of hydrogen-bond donors (Lipinski definition) is 1. The Hall–Kier alpha value is -3.32. The van der Waals surface area contributed by atoms with E-state index in [4.69, 9.17) is 4.42 Å². The number of carbonyl (C=O) groups excluding carboxylic acids is 1. The second kappa shape index (κ2) is 6.93. The van der Waals surface area contributed by atoms with Crippen LogP contribution in [0.1, 0.15) is 34.2 Å². The molecule has 0 radical (unpaired) electrons. The second-order valence-corrected chi connectivity index (χ2v) is 7.85. The van der Waals surface area contributed by atoms with Crippen molar-refractivity contribution in [2.75, 3.05) is 0 Å². The van der Waals surface area contributed by atoms with Gasteiger partial charge < -0.3 is 9.40 Å². The Balaban J connectivity index is 1.50. The normalized spacial score (nSPS) is 16.0. The summed E-state index contributed by atoms with van der Waals surface area (Å²) in [5.41, 5.74) is 2.67. The number of aromatic nitrogens is 2. The smallest absolute Gasteiger partial charge is 0.258 e. The van der Waals surface area contributed by atoms with E-state index < -0.39 is 0 Å². The van der Waals surface area contributed by atoms with Gasteiger partial charge in [0.1, 0.15) is 16.6 Å². The number of ketones is 1. The predicted octanol–water partition coefficient (Wildman–Crippen LogP) is 4.81. The SMILES string of the molecule is O=C1C[C@@H](c2ccco2)Cc2[nH]c(=O)c(-c3nc(-c4ccc(F)cc4)cs3)cc21. The zero-order chi connectivity index (χ0) is 20.0. The summed E-state index contributed by atoms with van der Waals surface area (Å²) in [6.07, 6.45) is 2.47. The van der Waals surface area contributed by atoms with E-state index in [0.29, 0.717) is 40.4 Å². The predicted molar refractivity (Wildman–Crippen MR) is 108 cm³/mol. The van der Waals surface area contributed by atoms with Gasteiger partial charge in [0, 0.05) is 34.5 Å². The lowest BCUT2D eigenvalue weighted by Crippen LogP contribution is -2.24. The molecule has 1 N–H and O–H groups in total. The molecule has 7 heteroatoms. The highest BCUT2D eigenvalue weighted by Crippen LogP contribution is 2.34. The van der Waals surface area contributed by atoms with E-state index in [9.17, 15) is 14.0 Å². The zero-order valence-electron chi connectivity index (χ0n) is 15.1. The van der Waals surface area contributed by atoms with Gasteiger partial charge in [0.2, 0.25) is 0 Å². The van der Waals surface area contributed by atoms with Crippen molar-refractivity contribution in [1.82, 2.24) is 9.97 Å². The van der Waals surface area contributed by atoms with Crippen LogP contribution >= 0.6 is 11.3 Å². The number of fused-ring (bicyclic) bond motifs is 1. The number of thiazole rings is 1. The number of benzene rings is 1. The molecule has 0 bridgehead atoms. The van der Waals surface area contributed by atoms with Gasteiger partial charge in [-0.2, -0.15) is 0 Å². The average molecular weight is 406 g/mol. The van der Waals surface area contributed by atoms with Gasteiger partial charge in [-0.05, 0) is 48.9 Å². The maximum Gasteiger partial charge on any atom is 0.258 e. The number of rotatable bonds is 3. The van der Waals surface area contributed by atoms with Crippen molar-refractivity contribution in [2.24, 2.45) is 0 Å². The van der Waals surface area contributed by atoms with Crippen molar-refractivity contribution < 1.29 is 13.6 Å². The average Bonchev–Trinajstić information content (AvgIpc) is 3.40. The Morgan fingerprint density at radius 3 is 2.69 bits per heavy atom. The van der Waals surface area contributed by atoms with Crippen LogP contribution in [0.5, 0.6) is 0 Å². The Labute approximate surface area is 168 Å². The summed E-state index contributed by atoms with van der Waals surface area (Å²) in [6.45, 7) is 0. The molecule has 3 heterocycles. The zero-order valence-corrected chi connectivity index (χ0v) is 16.0. The van der Waals surface area contributed by atoms with Crippen molar-refractivity contribution in [2.45, 2.75) is 18.8 Å². The Bertz CT molecular complexity index is 1260. The van der Waals surface area contributed by atoms with Gasteiger partial charge in [0.05, 0.1) is 17.5 Å². The Morgan fingerprint density at radius 1 is 1.10 bits per heavy atom. The molecular formula is C22H15FN2O3S. The fourth-order valence-electron chi connectivity index (χ4n) is 3.67. The van der Waals surface area contributed by atoms with Crippen LogP contribution in [0.4, 0.5) is 4.39 Å². The number of pyridine rings is 1. The highest BCUT2D eigenvalue weighted by atomic mass is 32.1. The van der Waals surface area contributed by atoms with Crippen LogP contribution in [0, 0.1) is 5.82 Å². The number of nitrogens with one attached hydrogen (secondary N) is 1. The Morgan fingerprint density at radius 2 is 1.93 bits per heavy atom. The maximum absolute atomic E-state index is 13.1. The minimum Gasteiger partial charge on any atom is -0.469 e. The lowest BCUT2D eigenvalue weighted by Gasteiger charge is -2.22. The molecule has 1 aromatic carbocycles. The summed E-state index contributed by atoms with van der Waals surface area (Å²) in [5.74, 6) is 0.330. The van der Waals surface area contributed by atoms with Gasteiger partial charge in [0.15, 0.2) is 5.78 Å². The van der Waals surface area contributed by atoms with Crippen LogP contribution in [0.3, 0.4) is 0 Å². The summed E-state index contributed by atoms with van der Waals surface area (Å²) < 4.78 is 18.6. The lowest BCUT2D eigenvalue weighted by molar-refractivity contribution is 0.0959. The molecule has 29 heavy (non-hydrogen) atoms. The summed E-state index contributed by atoms with van der Waals surface area (Å²) in [7, 11) is 0. The van der Waals surface area contributed by atoms with Crippen molar-refractivity contribution in [3.05, 3.63) is 87.3 Å². The van der Waals surface area contributed by atoms with Crippen LogP contribution in [0.2, 0.25) is 0 Å². The van der Waals surface area contributed by atoms with E-state index in [1.807, 2.05) is 11.4 Å². The summed E-state index contributed by atoms with van der Waals surface area (Å²) in [6, 6.07) is 11.3. The number of halogens is 1. The number of nitrogens with zero attached hydrogens (tertiary/aromatic N) is 1. The number of aromatic amines is 1. The first-order valence-corrected chi connectivity index (χ1v) is 10.0. The molecule has 0 aliphatic heterocycles. The third kappa shape index (κ3) is 3.23. The van der Waals surface area contributed by atoms with E-state index in [1.54, 1.807) is 30.5 Å². The molecule has 3 aromatic heterocycles. The quantitative estimate of drug-likeness (QED) is 0.530. The van der Waals surface area contributed by atoms with E-state index in [2.05, 4.69) is 9.97 Å². The van der Waals surface area contributed by atoms with Crippen molar-refractivity contribution in [3.8, 4) is 21.8 Å². The minimum absolute atomic E-state index is 0.0273. The largest absolute Gasteiger partial charge is 0.469 e. The maximum atomic E-state index is 13.1. The van der Waals surface area contributed by atoms with Gasteiger partial charge in [-0.25, -0.2) is 9.37 Å². The molecule has 0 amide bonds. The van der Waals surface area contributed by atoms with Crippen LogP contribution in [0.15, 0.2) is 63.3 Å². The summed E-state index contributed by atoms with van der Waals surface area (Å²) in [5, 5.41) is 2.34. The topological polar surface area (TPSA) is 76.0 Å². The van der Waals surface area contributed by atoms with Crippen LogP contribution in [0.25, 0.3) is 21.8 Å². The van der Waals surface area contributed by atoms with Gasteiger partial charge in [-0.15, -0.1) is 11.3 Å². The minimum atomic E-state index is -0.318. The highest BCUT2D eigenvalue weighted by molar-refractivity contribution is 7.13. The molecule has 1 aliphatic rings. The third-order valence-electron chi connectivity index (χ3n) is 5.13. The molecule has 5 rings (SSSR count). The first-order chi connectivity index (χ1) is 14.1. The molecule has 144 valence electrons. The van der Waals surface area contributed by atoms with Crippen molar-refractivity contribution >= 4 is 17.1 Å². The highest BCUT2D eigenvalue weighted by Gasteiger charge is 2.29. The number of carbonyl (C=O) groups is 1. The van der Waals surface area contributed by atoms with E-state index >= 15 is 0 Å². The molecule has 5 nitrogen and oxygen atoms in total. The molecule has 1 atom stereocenters. The van der Waals surface area contributed by atoms with Crippen molar-refractivity contribution in [1.29, 1.82) is 0 Å². The van der Waals surface area contributed by atoms with Crippen LogP contribution in [-0.2, 0) is 6.42 Å². The van der Waals surface area contributed by atoms with E-state index in [1.165, 1.54) is 23.5 Å². The number of Topliss-reactive ketones (excluding diaryl/α,β-unsaturated/α-hetero) is 1. The van der Waals surface area contributed by atoms with E-state index in [0.717, 1.165) is 11.3 Å². The first-order valence-electron chi connectivity index (χ1n) is 9.13. The molecule has 1 aliphatic carbocycles. The molecule has 4 aromatic rings. The molecule has 0 spiro atoms. The van der Waals surface area contributed by atoms with Crippen molar-refractivity contribution in [3.63, 3.8) is 0 Å². The van der Waals surface area contributed by atoms with Gasteiger partial charge in [-0.3, -0.25) is 9.59 Å². The standard InChI is InChI=1S/C22H15FN2O3S/c23-14-5-3-12(4-6-14)18-11-29-22(25-18)16-10-15-17(24-21(16)27)8-13(9-19(15)26)20-2-1-7-28-20/h1-7,10-11,13H,8-9H2,(H,24,27)/t13-/m0/s1. The third-order valence-corrected chi connectivity index (χ3v) is 6.00. The molecule has 0 fully saturated rings. The number of hydrogen-bond acceptors (Lipinski definition) is 5. The fraction of sp³-hybridized carbons (Fsp3) is 0.136. The molecule has 0 unspecified atom stereocenters. The van der Waals surface area contributed by atoms with Crippen LogP contribution in [-0.4, -0.2) is 15.8 Å². The second-order valence-electron chi connectivity index (χ2n) is 6.99. The number of H-pyrrole nitrogens is 1. The number of furan rings is 1.